The van der Waals surface area contributed by atoms with Crippen LogP contribution in [0.1, 0.15) is 213 Å². The first-order chi connectivity index (χ1) is 23.2. The third-order valence-electron chi connectivity index (χ3n) is 9.25. The smallest absolute Gasteiger partial charge is 0.242 e. The van der Waals surface area contributed by atoms with Crippen molar-refractivity contribution in [3.8, 4) is 0 Å². The Morgan fingerprint density at radius 2 is 0.915 bits per heavy atom. The first-order valence-electron chi connectivity index (χ1n) is 20.7. The Bertz CT molecular complexity index is 721. The van der Waals surface area contributed by atoms with Crippen molar-refractivity contribution < 1.29 is 9.59 Å². The van der Waals surface area contributed by atoms with Gasteiger partial charge in [0.25, 0.3) is 0 Å². The van der Waals surface area contributed by atoms with Gasteiger partial charge in [-0.2, -0.15) is 0 Å². The monoisotopic (exact) mass is 660 g/mol. The molecule has 0 fully saturated rings. The van der Waals surface area contributed by atoms with Crippen LogP contribution in [-0.4, -0.2) is 30.9 Å². The van der Waals surface area contributed by atoms with Crippen molar-refractivity contribution in [3.05, 3.63) is 24.3 Å². The summed E-state index contributed by atoms with van der Waals surface area (Å²) < 4.78 is 0. The SMILES string of the molecule is CCCCCCCCC=CCCCCCCCCNC(=O)C(CCCCN)NC(=O)CCCCCCCC=CCCCCCCCC. The van der Waals surface area contributed by atoms with Crippen molar-refractivity contribution in [2.75, 3.05) is 13.1 Å². The Labute approximate surface area is 293 Å². The molecule has 0 aromatic rings. The summed E-state index contributed by atoms with van der Waals surface area (Å²) in [5.41, 5.74) is 5.67. The molecule has 0 saturated carbocycles. The second kappa shape index (κ2) is 38.8. The second-order valence-electron chi connectivity index (χ2n) is 14.0. The standard InChI is InChI=1S/C42H81N3O2/c1-3-5-7-9-11-13-15-17-19-21-23-25-27-29-31-35-39-44-42(47)40(36-33-34-38-43)45-41(46)37-32-30-28-26-24-22-20-18-16-14-12-10-8-6-4-2/h17-20,40H,3-16,21-39,43H2,1-2H3,(H,44,47)(H,45,46). The molecule has 0 bridgehead atoms. The van der Waals surface area contributed by atoms with Crippen LogP contribution in [0.3, 0.4) is 0 Å². The average molecular weight is 660 g/mol. The van der Waals surface area contributed by atoms with Crippen LogP contribution in [0.4, 0.5) is 0 Å². The maximum atomic E-state index is 12.9. The van der Waals surface area contributed by atoms with Crippen LogP contribution >= 0.6 is 0 Å². The van der Waals surface area contributed by atoms with Crippen LogP contribution in [0.2, 0.25) is 0 Å². The average Bonchev–Trinajstić information content (AvgIpc) is 3.07. The lowest BCUT2D eigenvalue weighted by Gasteiger charge is -2.18. The van der Waals surface area contributed by atoms with Gasteiger partial charge in [-0.05, 0) is 90.0 Å². The summed E-state index contributed by atoms with van der Waals surface area (Å²) in [5, 5.41) is 6.11. The topological polar surface area (TPSA) is 84.2 Å². The fraction of sp³-hybridized carbons (Fsp3) is 0.857. The van der Waals surface area contributed by atoms with Crippen LogP contribution in [0.15, 0.2) is 24.3 Å². The summed E-state index contributed by atoms with van der Waals surface area (Å²) in [6, 6.07) is -0.439. The largest absolute Gasteiger partial charge is 0.354 e. The van der Waals surface area contributed by atoms with Crippen LogP contribution in [-0.2, 0) is 9.59 Å². The molecule has 2 amide bonds. The second-order valence-corrected chi connectivity index (χ2v) is 14.0. The van der Waals surface area contributed by atoms with Crippen LogP contribution < -0.4 is 16.4 Å². The fourth-order valence-electron chi connectivity index (χ4n) is 6.09. The van der Waals surface area contributed by atoms with Gasteiger partial charge in [0.1, 0.15) is 6.04 Å². The van der Waals surface area contributed by atoms with Gasteiger partial charge in [0, 0.05) is 13.0 Å². The molecule has 0 aliphatic heterocycles. The first kappa shape index (κ1) is 45.4. The molecule has 0 aromatic heterocycles. The molecule has 0 rings (SSSR count). The minimum atomic E-state index is -0.439. The van der Waals surface area contributed by atoms with Crippen molar-refractivity contribution in [3.63, 3.8) is 0 Å². The summed E-state index contributed by atoms with van der Waals surface area (Å²) in [7, 11) is 0. The van der Waals surface area contributed by atoms with Crippen molar-refractivity contribution in [1.29, 1.82) is 0 Å². The maximum Gasteiger partial charge on any atom is 0.242 e. The quantitative estimate of drug-likeness (QED) is 0.0458. The van der Waals surface area contributed by atoms with Gasteiger partial charge in [0.05, 0.1) is 0 Å². The third kappa shape index (κ3) is 35.5. The summed E-state index contributed by atoms with van der Waals surface area (Å²) in [4.78, 5) is 25.5. The van der Waals surface area contributed by atoms with Crippen molar-refractivity contribution in [2.24, 2.45) is 5.73 Å². The molecule has 4 N–H and O–H groups in total. The van der Waals surface area contributed by atoms with E-state index in [1.165, 1.54) is 148 Å². The van der Waals surface area contributed by atoms with Crippen LogP contribution in [0.25, 0.3) is 0 Å². The summed E-state index contributed by atoms with van der Waals surface area (Å²) >= 11 is 0. The van der Waals surface area contributed by atoms with Gasteiger partial charge < -0.3 is 16.4 Å². The van der Waals surface area contributed by atoms with E-state index < -0.39 is 6.04 Å². The molecule has 276 valence electrons. The highest BCUT2D eigenvalue weighted by atomic mass is 16.2. The van der Waals surface area contributed by atoms with Crippen molar-refractivity contribution in [2.45, 2.75) is 219 Å². The van der Waals surface area contributed by atoms with Gasteiger partial charge in [-0.1, -0.05) is 147 Å². The molecular formula is C42H81N3O2. The molecule has 0 aliphatic carbocycles. The molecule has 5 heteroatoms. The van der Waals surface area contributed by atoms with E-state index in [9.17, 15) is 9.59 Å². The zero-order chi connectivity index (χ0) is 34.3. The predicted octanol–water partition coefficient (Wildman–Crippen LogP) is 11.8. The summed E-state index contributed by atoms with van der Waals surface area (Å²) in [5.74, 6) is -0.0274. The van der Waals surface area contributed by atoms with E-state index >= 15 is 0 Å². The Kier molecular flexibility index (Phi) is 37.5. The number of hydrogen-bond donors (Lipinski definition) is 3. The zero-order valence-corrected chi connectivity index (χ0v) is 31.6. The van der Waals surface area contributed by atoms with Gasteiger partial charge in [-0.25, -0.2) is 0 Å². The van der Waals surface area contributed by atoms with E-state index in [0.29, 0.717) is 25.9 Å². The van der Waals surface area contributed by atoms with Gasteiger partial charge in [-0.15, -0.1) is 0 Å². The summed E-state index contributed by atoms with van der Waals surface area (Å²) in [6.07, 6.45) is 46.5. The Balaban J connectivity index is 3.86. The number of unbranched alkanes of at least 4 members (excludes halogenated alkanes) is 24. The van der Waals surface area contributed by atoms with Gasteiger partial charge in [0.2, 0.25) is 11.8 Å². The maximum absolute atomic E-state index is 12.9. The molecular weight excluding hydrogens is 578 g/mol. The number of amides is 2. The highest BCUT2D eigenvalue weighted by molar-refractivity contribution is 5.87. The lowest BCUT2D eigenvalue weighted by atomic mass is 10.1. The molecule has 0 aliphatic rings. The molecule has 5 nitrogen and oxygen atoms in total. The first-order valence-corrected chi connectivity index (χ1v) is 20.7. The molecule has 0 heterocycles. The van der Waals surface area contributed by atoms with E-state index in [1.54, 1.807) is 0 Å². The third-order valence-corrected chi connectivity index (χ3v) is 9.25. The summed E-state index contributed by atoms with van der Waals surface area (Å²) in [6.45, 7) is 5.85. The van der Waals surface area contributed by atoms with E-state index in [-0.39, 0.29) is 11.8 Å². The minimum Gasteiger partial charge on any atom is -0.354 e. The van der Waals surface area contributed by atoms with E-state index in [0.717, 1.165) is 38.5 Å². The minimum absolute atomic E-state index is 0.00720. The molecule has 0 spiro atoms. The van der Waals surface area contributed by atoms with Crippen LogP contribution in [0, 0.1) is 0 Å². The number of nitrogens with one attached hydrogen (secondary N) is 2. The Morgan fingerprint density at radius 3 is 1.36 bits per heavy atom. The van der Waals surface area contributed by atoms with E-state index in [1.807, 2.05) is 0 Å². The Morgan fingerprint density at radius 1 is 0.511 bits per heavy atom. The van der Waals surface area contributed by atoms with Crippen LogP contribution in [0.5, 0.6) is 0 Å². The fourth-order valence-corrected chi connectivity index (χ4v) is 6.09. The molecule has 0 aromatic carbocycles. The number of nitrogens with two attached hydrogens (primary N) is 1. The van der Waals surface area contributed by atoms with Gasteiger partial charge in [0.15, 0.2) is 0 Å². The number of carbonyl (C=O) groups is 2. The highest BCUT2D eigenvalue weighted by Crippen LogP contribution is 2.12. The number of allylic oxidation sites excluding steroid dienone is 4. The molecule has 0 radical (unpaired) electrons. The Hall–Kier alpha value is -1.62. The molecule has 1 unspecified atom stereocenters. The normalized spacial score (nSPS) is 12.3. The zero-order valence-electron chi connectivity index (χ0n) is 31.6. The van der Waals surface area contributed by atoms with Gasteiger partial charge >= 0.3 is 0 Å². The molecule has 47 heavy (non-hydrogen) atoms. The predicted molar refractivity (Wildman–Crippen MR) is 207 cm³/mol. The number of hydrogen-bond acceptors (Lipinski definition) is 3. The number of carbonyl (C=O) groups excluding carboxylic acids is 2. The lowest BCUT2D eigenvalue weighted by Crippen LogP contribution is -2.47. The lowest BCUT2D eigenvalue weighted by molar-refractivity contribution is -0.129. The van der Waals surface area contributed by atoms with E-state index in [4.69, 9.17) is 5.73 Å². The number of rotatable bonds is 37. The molecule has 1 atom stereocenters. The molecule has 0 saturated heterocycles. The van der Waals surface area contributed by atoms with Crippen molar-refractivity contribution >= 4 is 11.8 Å². The highest BCUT2D eigenvalue weighted by Gasteiger charge is 2.19. The van der Waals surface area contributed by atoms with E-state index in [2.05, 4.69) is 48.8 Å². The van der Waals surface area contributed by atoms with Gasteiger partial charge in [-0.3, -0.25) is 9.59 Å². The van der Waals surface area contributed by atoms with Crippen molar-refractivity contribution in [1.82, 2.24) is 10.6 Å².